The second kappa shape index (κ2) is 7.19. The van der Waals surface area contributed by atoms with Crippen LogP contribution in [0.4, 0.5) is 5.95 Å². The van der Waals surface area contributed by atoms with Crippen molar-refractivity contribution in [2.75, 3.05) is 5.32 Å². The molecule has 0 spiro atoms. The lowest BCUT2D eigenvalue weighted by Crippen LogP contribution is -2.44. The van der Waals surface area contributed by atoms with Crippen molar-refractivity contribution in [3.8, 4) is 0 Å². The van der Waals surface area contributed by atoms with Crippen molar-refractivity contribution in [3.63, 3.8) is 0 Å². The van der Waals surface area contributed by atoms with Crippen molar-refractivity contribution in [1.29, 1.82) is 0 Å². The zero-order chi connectivity index (χ0) is 19.7. The van der Waals surface area contributed by atoms with Gasteiger partial charge < -0.3 is 0 Å². The molecule has 2 aromatic carbocycles. The van der Waals surface area contributed by atoms with Gasteiger partial charge in [-0.25, -0.2) is 14.3 Å². The van der Waals surface area contributed by atoms with Gasteiger partial charge in [0.05, 0.1) is 13.1 Å². The molecule has 0 aliphatic rings. The Morgan fingerprint density at radius 3 is 2.14 bits per heavy atom. The Balaban J connectivity index is 1.86. The SMILES string of the molecule is Cn1c(=O)c2c([nH]c(NCc3ccccc3)[n+]2Cc2ccccc2)n(C)c1=O. The quantitative estimate of drug-likeness (QED) is 0.519. The summed E-state index contributed by atoms with van der Waals surface area (Å²) in [5.74, 6) is 0.681. The molecule has 0 amide bonds. The van der Waals surface area contributed by atoms with Gasteiger partial charge in [-0.1, -0.05) is 60.7 Å². The predicted octanol–water partition coefficient (Wildman–Crippen LogP) is 1.51. The summed E-state index contributed by atoms with van der Waals surface area (Å²) in [7, 11) is 3.16. The summed E-state index contributed by atoms with van der Waals surface area (Å²) in [4.78, 5) is 28.5. The van der Waals surface area contributed by atoms with Crippen LogP contribution < -0.4 is 21.1 Å². The van der Waals surface area contributed by atoms with Gasteiger partial charge in [0.2, 0.25) is 11.2 Å². The standard InChI is InChI=1S/C21H21N5O2/c1-24-18-17(19(27)25(2)21(24)28)26(14-16-11-7-4-8-12-16)20(23-18)22-13-15-9-5-3-6-10-15/h3-12H,13-14H2,1-2H3,(H,22,23,27)/p+1. The molecule has 28 heavy (non-hydrogen) atoms. The predicted molar refractivity (Wildman–Crippen MR) is 108 cm³/mol. The molecule has 2 N–H and O–H groups in total. The number of aromatic nitrogens is 4. The van der Waals surface area contributed by atoms with Gasteiger partial charge in [0.25, 0.3) is 5.56 Å². The fourth-order valence-corrected chi connectivity index (χ4v) is 3.35. The van der Waals surface area contributed by atoms with Crippen molar-refractivity contribution in [1.82, 2.24) is 14.1 Å². The van der Waals surface area contributed by atoms with E-state index in [9.17, 15) is 9.59 Å². The van der Waals surface area contributed by atoms with Gasteiger partial charge in [-0.05, 0) is 11.1 Å². The van der Waals surface area contributed by atoms with Crippen LogP contribution in [0.1, 0.15) is 11.1 Å². The Kier molecular flexibility index (Phi) is 4.57. The second-order valence-electron chi connectivity index (χ2n) is 6.79. The summed E-state index contributed by atoms with van der Waals surface area (Å²) in [6, 6.07) is 19.9. The molecular formula is C21H22N5O2+. The number of benzene rings is 2. The van der Waals surface area contributed by atoms with E-state index >= 15 is 0 Å². The van der Waals surface area contributed by atoms with Gasteiger partial charge in [-0.3, -0.25) is 19.2 Å². The molecule has 0 fully saturated rings. The third-order valence-corrected chi connectivity index (χ3v) is 4.90. The fourth-order valence-electron chi connectivity index (χ4n) is 3.35. The molecule has 4 rings (SSSR count). The first-order valence-electron chi connectivity index (χ1n) is 9.09. The van der Waals surface area contributed by atoms with Crippen LogP contribution in [0.3, 0.4) is 0 Å². The van der Waals surface area contributed by atoms with E-state index in [0.29, 0.717) is 30.2 Å². The van der Waals surface area contributed by atoms with Crippen LogP contribution >= 0.6 is 0 Å². The summed E-state index contributed by atoms with van der Waals surface area (Å²) >= 11 is 0. The summed E-state index contributed by atoms with van der Waals surface area (Å²) in [5, 5.41) is 3.38. The maximum absolute atomic E-state index is 12.9. The van der Waals surface area contributed by atoms with Crippen LogP contribution in [0.2, 0.25) is 0 Å². The van der Waals surface area contributed by atoms with Gasteiger partial charge in [0, 0.05) is 14.1 Å². The molecule has 4 aromatic rings. The lowest BCUT2D eigenvalue weighted by molar-refractivity contribution is -0.648. The number of H-pyrrole nitrogens is 1. The molecule has 0 saturated carbocycles. The first-order chi connectivity index (χ1) is 13.6. The Labute approximate surface area is 161 Å². The minimum atomic E-state index is -0.361. The monoisotopic (exact) mass is 376 g/mol. The van der Waals surface area contributed by atoms with Crippen molar-refractivity contribution >= 4 is 17.1 Å². The Bertz CT molecular complexity index is 1240. The van der Waals surface area contributed by atoms with Crippen molar-refractivity contribution < 1.29 is 4.57 Å². The van der Waals surface area contributed by atoms with Gasteiger partial charge >= 0.3 is 11.6 Å². The minimum Gasteiger partial charge on any atom is -0.273 e. The van der Waals surface area contributed by atoms with Crippen LogP contribution in [0.5, 0.6) is 0 Å². The molecule has 7 nitrogen and oxygen atoms in total. The highest BCUT2D eigenvalue weighted by Gasteiger charge is 2.24. The van der Waals surface area contributed by atoms with E-state index in [1.54, 1.807) is 7.05 Å². The molecule has 0 aliphatic carbocycles. The number of fused-ring (bicyclic) bond motifs is 1. The number of rotatable bonds is 5. The smallest absolute Gasteiger partial charge is 0.273 e. The van der Waals surface area contributed by atoms with Gasteiger partial charge in [-0.15, -0.1) is 0 Å². The van der Waals surface area contributed by atoms with E-state index in [-0.39, 0.29) is 11.2 Å². The fraction of sp³-hybridized carbons (Fsp3) is 0.190. The molecule has 2 aromatic heterocycles. The lowest BCUT2D eigenvalue weighted by atomic mass is 10.2. The third kappa shape index (κ3) is 3.11. The molecule has 0 aliphatic heterocycles. The van der Waals surface area contributed by atoms with Crippen molar-refractivity contribution in [3.05, 3.63) is 92.6 Å². The number of anilines is 1. The number of nitrogens with zero attached hydrogens (tertiary/aromatic N) is 3. The average Bonchev–Trinajstić information content (AvgIpc) is 3.09. The van der Waals surface area contributed by atoms with Crippen LogP contribution in [0, 0.1) is 0 Å². The molecule has 0 atom stereocenters. The lowest BCUT2D eigenvalue weighted by Gasteiger charge is -2.05. The van der Waals surface area contributed by atoms with E-state index in [4.69, 9.17) is 0 Å². The Morgan fingerprint density at radius 1 is 0.893 bits per heavy atom. The largest absolute Gasteiger partial charge is 0.357 e. The molecule has 2 heterocycles. The van der Waals surface area contributed by atoms with Crippen LogP contribution in [-0.2, 0) is 27.2 Å². The molecule has 0 bridgehead atoms. The summed E-state index contributed by atoms with van der Waals surface area (Å²) in [6.45, 7) is 1.10. The van der Waals surface area contributed by atoms with Crippen LogP contribution in [-0.4, -0.2) is 14.1 Å². The topological polar surface area (TPSA) is 75.7 Å². The second-order valence-corrected chi connectivity index (χ2v) is 6.79. The molecule has 0 unspecified atom stereocenters. The number of aromatic amines is 1. The normalized spacial score (nSPS) is 11.1. The summed E-state index contributed by atoms with van der Waals surface area (Å²) in [5.41, 5.74) is 2.46. The highest BCUT2D eigenvalue weighted by molar-refractivity contribution is 5.67. The molecule has 7 heteroatoms. The minimum absolute atomic E-state index is 0.321. The number of hydrogen-bond acceptors (Lipinski definition) is 3. The maximum atomic E-state index is 12.9. The highest BCUT2D eigenvalue weighted by atomic mass is 16.2. The van der Waals surface area contributed by atoms with E-state index in [1.807, 2.05) is 65.2 Å². The average molecular weight is 376 g/mol. The van der Waals surface area contributed by atoms with Crippen LogP contribution in [0.15, 0.2) is 70.3 Å². The Hall–Kier alpha value is -3.61. The van der Waals surface area contributed by atoms with Crippen molar-refractivity contribution in [2.24, 2.45) is 14.1 Å². The maximum Gasteiger partial charge on any atom is 0.357 e. The van der Waals surface area contributed by atoms with E-state index in [2.05, 4.69) is 10.3 Å². The number of aryl methyl sites for hydroxylation is 1. The zero-order valence-electron chi connectivity index (χ0n) is 15.8. The third-order valence-electron chi connectivity index (χ3n) is 4.90. The number of imidazole rings is 1. The van der Waals surface area contributed by atoms with E-state index in [0.717, 1.165) is 15.7 Å². The van der Waals surface area contributed by atoms with Gasteiger partial charge in [0.15, 0.2) is 0 Å². The highest BCUT2D eigenvalue weighted by Crippen LogP contribution is 2.11. The number of nitrogens with one attached hydrogen (secondary N) is 2. The zero-order valence-corrected chi connectivity index (χ0v) is 15.8. The van der Waals surface area contributed by atoms with Crippen LogP contribution in [0.25, 0.3) is 11.2 Å². The summed E-state index contributed by atoms with van der Waals surface area (Å²) < 4.78 is 4.50. The molecule has 0 radical (unpaired) electrons. The van der Waals surface area contributed by atoms with E-state index < -0.39 is 0 Å². The molecular weight excluding hydrogens is 354 g/mol. The van der Waals surface area contributed by atoms with E-state index in [1.165, 1.54) is 11.6 Å². The van der Waals surface area contributed by atoms with Crippen molar-refractivity contribution in [2.45, 2.75) is 13.1 Å². The summed E-state index contributed by atoms with van der Waals surface area (Å²) in [6.07, 6.45) is 0. The first-order valence-corrected chi connectivity index (χ1v) is 9.09. The molecule has 0 saturated heterocycles. The Morgan fingerprint density at radius 2 is 1.50 bits per heavy atom. The van der Waals surface area contributed by atoms with Gasteiger partial charge in [-0.2, -0.15) is 0 Å². The molecule has 142 valence electrons. The first kappa shape index (κ1) is 17.8. The number of hydrogen-bond donors (Lipinski definition) is 2. The van der Waals surface area contributed by atoms with Gasteiger partial charge in [0.1, 0.15) is 0 Å².